The molecule has 3 rings (SSSR count). The number of hydrogen-bond acceptors (Lipinski definition) is 6. The zero-order chi connectivity index (χ0) is 16.9. The van der Waals surface area contributed by atoms with E-state index in [0.29, 0.717) is 18.1 Å². The van der Waals surface area contributed by atoms with Crippen LogP contribution in [0.1, 0.15) is 21.1 Å². The van der Waals surface area contributed by atoms with Gasteiger partial charge in [-0.25, -0.2) is 4.98 Å². The van der Waals surface area contributed by atoms with Crippen LogP contribution >= 0.6 is 11.3 Å². The lowest BCUT2D eigenvalue weighted by Gasteiger charge is -2.04. The molecule has 2 heterocycles. The maximum absolute atomic E-state index is 11.4. The van der Waals surface area contributed by atoms with Crippen molar-refractivity contribution in [3.05, 3.63) is 58.7 Å². The minimum absolute atomic E-state index is 0.250. The predicted octanol–water partition coefficient (Wildman–Crippen LogP) is 2.88. The van der Waals surface area contributed by atoms with Gasteiger partial charge in [0.25, 0.3) is 5.91 Å². The summed E-state index contributed by atoms with van der Waals surface area (Å²) >= 11 is 1.66. The minimum atomic E-state index is -0.250. The second-order valence-electron chi connectivity index (χ2n) is 5.13. The van der Waals surface area contributed by atoms with Crippen LogP contribution in [0.15, 0.2) is 42.5 Å². The van der Waals surface area contributed by atoms with Crippen molar-refractivity contribution in [3.63, 3.8) is 0 Å². The summed E-state index contributed by atoms with van der Waals surface area (Å²) in [5.74, 6) is 0.372. The van der Waals surface area contributed by atoms with Crippen molar-refractivity contribution in [2.24, 2.45) is 0 Å². The van der Waals surface area contributed by atoms with Gasteiger partial charge in [-0.15, -0.1) is 21.5 Å². The third-order valence-corrected chi connectivity index (χ3v) is 4.67. The van der Waals surface area contributed by atoms with Crippen molar-refractivity contribution in [1.29, 1.82) is 0 Å². The number of hydrogen-bond donors (Lipinski definition) is 2. The van der Waals surface area contributed by atoms with Crippen LogP contribution < -0.4 is 10.6 Å². The van der Waals surface area contributed by atoms with E-state index in [-0.39, 0.29) is 5.91 Å². The smallest absolute Gasteiger partial charge is 0.271 e. The van der Waals surface area contributed by atoms with Crippen LogP contribution in [0.2, 0.25) is 0 Å². The summed E-state index contributed by atoms with van der Waals surface area (Å²) in [5.41, 5.74) is 2.41. The Balaban J connectivity index is 1.69. The summed E-state index contributed by atoms with van der Waals surface area (Å²) < 4.78 is 0. The molecule has 0 aliphatic carbocycles. The van der Waals surface area contributed by atoms with Gasteiger partial charge in [-0.1, -0.05) is 30.3 Å². The second kappa shape index (κ2) is 7.18. The minimum Gasteiger partial charge on any atom is -0.364 e. The Kier molecular flexibility index (Phi) is 4.81. The zero-order valence-corrected chi connectivity index (χ0v) is 14.2. The van der Waals surface area contributed by atoms with Crippen LogP contribution in [-0.2, 0) is 6.54 Å². The fourth-order valence-electron chi connectivity index (χ4n) is 2.14. The Morgan fingerprint density at radius 3 is 2.58 bits per heavy atom. The fraction of sp³-hybridized carbons (Fsp3) is 0.176. The molecule has 0 atom stereocenters. The molecule has 2 aromatic heterocycles. The number of rotatable bonds is 5. The molecule has 2 N–H and O–H groups in total. The molecule has 0 saturated heterocycles. The van der Waals surface area contributed by atoms with Gasteiger partial charge in [0.15, 0.2) is 5.69 Å². The van der Waals surface area contributed by atoms with E-state index in [1.54, 1.807) is 30.5 Å². The number of benzene rings is 1. The Hall–Kier alpha value is -2.80. The molecule has 0 fully saturated rings. The highest BCUT2D eigenvalue weighted by Crippen LogP contribution is 2.28. The van der Waals surface area contributed by atoms with Crippen LogP contribution in [0.25, 0.3) is 10.6 Å². The fourth-order valence-corrected chi connectivity index (χ4v) is 3.15. The van der Waals surface area contributed by atoms with Gasteiger partial charge in [-0.2, -0.15) is 0 Å². The highest BCUT2D eigenvalue weighted by atomic mass is 32.1. The van der Waals surface area contributed by atoms with Crippen molar-refractivity contribution in [2.75, 3.05) is 12.4 Å². The van der Waals surface area contributed by atoms with E-state index in [1.165, 1.54) is 0 Å². The number of amides is 1. The summed E-state index contributed by atoms with van der Waals surface area (Å²) in [5, 5.41) is 14.7. The molecule has 1 aromatic carbocycles. The summed E-state index contributed by atoms with van der Waals surface area (Å²) in [7, 11) is 1.56. The summed E-state index contributed by atoms with van der Waals surface area (Å²) in [6.07, 6.45) is 0. The number of aromatic nitrogens is 3. The SMILES string of the molecule is CNC(=O)c1ccc(NCc2sc(-c3ccccc3)nc2C)nn1. The van der Waals surface area contributed by atoms with Crippen LogP contribution in [0.3, 0.4) is 0 Å². The van der Waals surface area contributed by atoms with Crippen molar-refractivity contribution in [1.82, 2.24) is 20.5 Å². The first kappa shape index (κ1) is 16.1. The average Bonchev–Trinajstić information content (AvgIpc) is 3.01. The Bertz CT molecular complexity index is 830. The molecule has 3 aromatic rings. The molecule has 0 aliphatic heterocycles. The molecule has 0 aliphatic rings. The van der Waals surface area contributed by atoms with Crippen molar-refractivity contribution in [3.8, 4) is 10.6 Å². The molecule has 1 amide bonds. The van der Waals surface area contributed by atoms with Crippen molar-refractivity contribution < 1.29 is 4.79 Å². The molecule has 7 heteroatoms. The summed E-state index contributed by atoms with van der Waals surface area (Å²) in [6, 6.07) is 13.5. The Morgan fingerprint density at radius 1 is 1.12 bits per heavy atom. The second-order valence-corrected chi connectivity index (χ2v) is 6.21. The number of carbonyl (C=O) groups excluding carboxylic acids is 1. The highest BCUT2D eigenvalue weighted by Gasteiger charge is 2.10. The largest absolute Gasteiger partial charge is 0.364 e. The van der Waals surface area contributed by atoms with E-state index < -0.39 is 0 Å². The molecule has 6 nitrogen and oxygen atoms in total. The molecule has 0 unspecified atom stereocenters. The lowest BCUT2D eigenvalue weighted by Crippen LogP contribution is -2.19. The van der Waals surface area contributed by atoms with E-state index >= 15 is 0 Å². The number of aryl methyl sites for hydroxylation is 1. The quantitative estimate of drug-likeness (QED) is 0.747. The molecule has 24 heavy (non-hydrogen) atoms. The van der Waals surface area contributed by atoms with E-state index in [1.807, 2.05) is 25.1 Å². The average molecular weight is 339 g/mol. The van der Waals surface area contributed by atoms with Crippen LogP contribution in [0, 0.1) is 6.92 Å². The first-order chi connectivity index (χ1) is 11.7. The number of nitrogens with zero attached hydrogens (tertiary/aromatic N) is 3. The first-order valence-corrected chi connectivity index (χ1v) is 8.30. The van der Waals surface area contributed by atoms with Crippen LogP contribution in [-0.4, -0.2) is 28.1 Å². The first-order valence-electron chi connectivity index (χ1n) is 7.49. The van der Waals surface area contributed by atoms with Gasteiger partial charge in [-0.05, 0) is 19.1 Å². The van der Waals surface area contributed by atoms with E-state index in [9.17, 15) is 4.79 Å². The van der Waals surface area contributed by atoms with Gasteiger partial charge in [0, 0.05) is 17.5 Å². The number of anilines is 1. The maximum atomic E-state index is 11.4. The lowest BCUT2D eigenvalue weighted by atomic mass is 10.2. The summed E-state index contributed by atoms with van der Waals surface area (Å²) in [4.78, 5) is 17.2. The third kappa shape index (κ3) is 3.57. The Morgan fingerprint density at radius 2 is 1.92 bits per heavy atom. The molecule has 122 valence electrons. The zero-order valence-electron chi connectivity index (χ0n) is 13.4. The molecular formula is C17H17N5OS. The monoisotopic (exact) mass is 339 g/mol. The standard InChI is InChI=1S/C17H17N5OS/c1-11-14(24-17(20-11)12-6-4-3-5-7-12)10-19-15-9-8-13(21-22-15)16(23)18-2/h3-9H,10H2,1-2H3,(H,18,23)(H,19,22). The topological polar surface area (TPSA) is 79.8 Å². The van der Waals surface area contributed by atoms with E-state index in [0.717, 1.165) is 21.1 Å². The van der Waals surface area contributed by atoms with Crippen molar-refractivity contribution in [2.45, 2.75) is 13.5 Å². The van der Waals surface area contributed by atoms with Gasteiger partial charge in [-0.3, -0.25) is 4.79 Å². The molecule has 0 saturated carbocycles. The van der Waals surface area contributed by atoms with Crippen molar-refractivity contribution >= 4 is 23.1 Å². The Labute approximate surface area is 144 Å². The van der Waals surface area contributed by atoms with E-state index in [2.05, 4.69) is 37.9 Å². The van der Waals surface area contributed by atoms with Gasteiger partial charge in [0.2, 0.25) is 0 Å². The number of carbonyl (C=O) groups is 1. The summed E-state index contributed by atoms with van der Waals surface area (Å²) in [6.45, 7) is 2.62. The molecular weight excluding hydrogens is 322 g/mol. The predicted molar refractivity (Wildman–Crippen MR) is 95.0 cm³/mol. The van der Waals surface area contributed by atoms with Gasteiger partial charge >= 0.3 is 0 Å². The molecule has 0 spiro atoms. The van der Waals surface area contributed by atoms with Gasteiger partial charge in [0.05, 0.1) is 12.2 Å². The van der Waals surface area contributed by atoms with Crippen LogP contribution in [0.5, 0.6) is 0 Å². The highest BCUT2D eigenvalue weighted by molar-refractivity contribution is 7.15. The van der Waals surface area contributed by atoms with E-state index in [4.69, 9.17) is 0 Å². The number of thiazole rings is 1. The normalized spacial score (nSPS) is 10.4. The molecule has 0 radical (unpaired) electrons. The van der Waals surface area contributed by atoms with Gasteiger partial charge in [0.1, 0.15) is 10.8 Å². The lowest BCUT2D eigenvalue weighted by molar-refractivity contribution is 0.0957. The number of nitrogens with one attached hydrogen (secondary N) is 2. The van der Waals surface area contributed by atoms with Gasteiger partial charge < -0.3 is 10.6 Å². The maximum Gasteiger partial charge on any atom is 0.271 e. The third-order valence-electron chi connectivity index (χ3n) is 3.47. The molecule has 0 bridgehead atoms. The van der Waals surface area contributed by atoms with Crippen LogP contribution in [0.4, 0.5) is 5.82 Å².